The number of hydrogen-bond acceptors (Lipinski definition) is 4. The lowest BCUT2D eigenvalue weighted by Gasteiger charge is -2.10. The number of aromatic amines is 1. The third-order valence-corrected chi connectivity index (χ3v) is 2.55. The molecule has 0 aliphatic heterocycles. The van der Waals surface area contributed by atoms with Crippen LogP contribution in [-0.2, 0) is 12.7 Å². The fourth-order valence-corrected chi connectivity index (χ4v) is 1.58. The number of aromatic nitrogens is 2. The Kier molecular flexibility index (Phi) is 3.59. The summed E-state index contributed by atoms with van der Waals surface area (Å²) in [5.74, 6) is 0. The van der Waals surface area contributed by atoms with E-state index in [0.717, 1.165) is 12.1 Å². The molecular formula is C11H9F3N4O2. The number of nitrogens with zero attached hydrogens (tertiary/aromatic N) is 2. The number of hydrogen-bond donors (Lipinski definition) is 2. The number of alkyl halides is 3. The van der Waals surface area contributed by atoms with Crippen LogP contribution in [0.2, 0.25) is 0 Å². The average molecular weight is 286 g/mol. The topological polar surface area (TPSA) is 83.8 Å². The Labute approximate surface area is 110 Å². The minimum atomic E-state index is -4.62. The van der Waals surface area contributed by atoms with Gasteiger partial charge >= 0.3 is 6.18 Å². The van der Waals surface area contributed by atoms with Crippen LogP contribution in [0.4, 0.5) is 24.5 Å². The number of anilines is 1. The van der Waals surface area contributed by atoms with Crippen LogP contribution in [0.15, 0.2) is 30.7 Å². The number of benzene rings is 1. The Balaban J connectivity index is 2.26. The highest BCUT2D eigenvalue weighted by Crippen LogP contribution is 2.35. The van der Waals surface area contributed by atoms with Crippen LogP contribution in [-0.4, -0.2) is 14.9 Å². The van der Waals surface area contributed by atoms with Gasteiger partial charge in [-0.3, -0.25) is 10.1 Å². The lowest BCUT2D eigenvalue weighted by Crippen LogP contribution is -2.08. The maximum absolute atomic E-state index is 12.5. The summed E-state index contributed by atoms with van der Waals surface area (Å²) in [4.78, 5) is 16.5. The summed E-state index contributed by atoms with van der Waals surface area (Å²) in [5.41, 5.74) is -1.02. The molecule has 6 nitrogen and oxygen atoms in total. The van der Waals surface area contributed by atoms with Gasteiger partial charge < -0.3 is 10.3 Å². The molecule has 0 amide bonds. The monoisotopic (exact) mass is 286 g/mol. The Bertz CT molecular complexity index is 611. The molecule has 0 aliphatic carbocycles. The predicted molar refractivity (Wildman–Crippen MR) is 64.0 cm³/mol. The fourth-order valence-electron chi connectivity index (χ4n) is 1.58. The second kappa shape index (κ2) is 5.19. The molecule has 0 fully saturated rings. The third-order valence-electron chi connectivity index (χ3n) is 2.55. The van der Waals surface area contributed by atoms with Crippen LogP contribution in [0.3, 0.4) is 0 Å². The van der Waals surface area contributed by atoms with Crippen molar-refractivity contribution >= 4 is 11.4 Å². The lowest BCUT2D eigenvalue weighted by molar-refractivity contribution is -0.384. The van der Waals surface area contributed by atoms with Crippen LogP contribution < -0.4 is 5.32 Å². The normalized spacial score (nSPS) is 11.3. The van der Waals surface area contributed by atoms with Gasteiger partial charge in [-0.25, -0.2) is 4.98 Å². The Morgan fingerprint density at radius 3 is 2.70 bits per heavy atom. The second-order valence-corrected chi connectivity index (χ2v) is 3.92. The van der Waals surface area contributed by atoms with Gasteiger partial charge in [0.15, 0.2) is 0 Å². The molecule has 0 radical (unpaired) electrons. The van der Waals surface area contributed by atoms with E-state index in [1.54, 1.807) is 0 Å². The first-order valence-corrected chi connectivity index (χ1v) is 5.44. The van der Waals surface area contributed by atoms with Gasteiger partial charge in [-0.2, -0.15) is 13.2 Å². The van der Waals surface area contributed by atoms with Gasteiger partial charge in [-0.15, -0.1) is 0 Å². The summed E-state index contributed by atoms with van der Waals surface area (Å²) in [5, 5.41) is 13.5. The lowest BCUT2D eigenvalue weighted by atomic mass is 10.1. The maximum atomic E-state index is 12.5. The van der Waals surface area contributed by atoms with E-state index in [1.807, 2.05) is 0 Å². The molecule has 0 saturated heterocycles. The summed E-state index contributed by atoms with van der Waals surface area (Å²) in [6.07, 6.45) is -1.69. The Hall–Kier alpha value is -2.58. The summed E-state index contributed by atoms with van der Waals surface area (Å²) < 4.78 is 37.5. The largest absolute Gasteiger partial charge is 0.416 e. The fraction of sp³-hybridized carbons (Fsp3) is 0.182. The Morgan fingerprint density at radius 2 is 2.15 bits per heavy atom. The van der Waals surface area contributed by atoms with Gasteiger partial charge in [0.1, 0.15) is 5.69 Å². The van der Waals surface area contributed by atoms with Gasteiger partial charge in [-0.1, -0.05) is 0 Å². The number of rotatable bonds is 4. The molecule has 1 aromatic carbocycles. The molecule has 1 aromatic heterocycles. The first-order valence-electron chi connectivity index (χ1n) is 5.44. The molecule has 106 valence electrons. The predicted octanol–water partition coefficient (Wildman–Crippen LogP) is 2.95. The highest BCUT2D eigenvalue weighted by molar-refractivity contribution is 5.62. The summed E-state index contributed by atoms with van der Waals surface area (Å²) in [7, 11) is 0. The van der Waals surface area contributed by atoms with E-state index in [4.69, 9.17) is 0 Å². The zero-order valence-electron chi connectivity index (χ0n) is 9.94. The van der Waals surface area contributed by atoms with Crippen molar-refractivity contribution in [1.29, 1.82) is 0 Å². The third kappa shape index (κ3) is 3.05. The van der Waals surface area contributed by atoms with Crippen LogP contribution in [0.25, 0.3) is 0 Å². The summed E-state index contributed by atoms with van der Waals surface area (Å²) in [6.45, 7) is 0.187. The second-order valence-electron chi connectivity index (χ2n) is 3.92. The van der Waals surface area contributed by atoms with Crippen molar-refractivity contribution in [3.63, 3.8) is 0 Å². The maximum Gasteiger partial charge on any atom is 0.416 e. The molecule has 20 heavy (non-hydrogen) atoms. The zero-order chi connectivity index (χ0) is 14.8. The quantitative estimate of drug-likeness (QED) is 0.668. The molecule has 2 rings (SSSR count). The molecule has 0 saturated carbocycles. The summed E-state index contributed by atoms with van der Waals surface area (Å²) in [6, 6.07) is 2.34. The van der Waals surface area contributed by atoms with Gasteiger partial charge in [0.25, 0.3) is 5.69 Å². The summed E-state index contributed by atoms with van der Waals surface area (Å²) >= 11 is 0. The van der Waals surface area contributed by atoms with Gasteiger partial charge in [0.05, 0.1) is 29.1 Å². The van der Waals surface area contributed by atoms with E-state index in [9.17, 15) is 23.3 Å². The molecule has 0 bridgehead atoms. The molecule has 0 unspecified atom stereocenters. The minimum absolute atomic E-state index is 0.0117. The molecule has 0 spiro atoms. The van der Waals surface area contributed by atoms with E-state index >= 15 is 0 Å². The average Bonchev–Trinajstić information content (AvgIpc) is 2.88. The van der Waals surface area contributed by atoms with Crippen LogP contribution in [0.1, 0.15) is 11.3 Å². The molecule has 2 aromatic rings. The van der Waals surface area contributed by atoms with Crippen molar-refractivity contribution in [3.05, 3.63) is 52.1 Å². The first-order chi connectivity index (χ1) is 9.38. The van der Waals surface area contributed by atoms with E-state index in [1.165, 1.54) is 12.5 Å². The number of halogens is 3. The van der Waals surface area contributed by atoms with E-state index in [0.29, 0.717) is 11.8 Å². The smallest absolute Gasteiger partial charge is 0.374 e. The van der Waals surface area contributed by atoms with E-state index in [2.05, 4.69) is 15.3 Å². The molecular weight excluding hydrogens is 277 g/mol. The SMILES string of the molecule is O=[N+]([O-])c1cc(C(F)(F)F)ccc1NCc1cnc[nH]1. The van der Waals surface area contributed by atoms with Gasteiger partial charge in [-0.05, 0) is 12.1 Å². The zero-order valence-corrected chi connectivity index (χ0v) is 9.94. The standard InChI is InChI=1S/C11H9F3N4O2/c12-11(13,14)7-1-2-9(10(3-7)18(19)20)16-5-8-4-15-6-17-8/h1-4,6,16H,5H2,(H,15,17). The van der Waals surface area contributed by atoms with Crippen molar-refractivity contribution in [2.45, 2.75) is 12.7 Å². The van der Waals surface area contributed by atoms with Crippen molar-refractivity contribution in [2.75, 3.05) is 5.32 Å². The molecule has 2 N–H and O–H groups in total. The van der Waals surface area contributed by atoms with E-state index in [-0.39, 0.29) is 12.2 Å². The molecule has 1 heterocycles. The van der Waals surface area contributed by atoms with Gasteiger partial charge in [0, 0.05) is 12.3 Å². The number of H-pyrrole nitrogens is 1. The van der Waals surface area contributed by atoms with Crippen molar-refractivity contribution in [2.24, 2.45) is 0 Å². The molecule has 0 aliphatic rings. The highest BCUT2D eigenvalue weighted by Gasteiger charge is 2.32. The van der Waals surface area contributed by atoms with E-state index < -0.39 is 22.4 Å². The Morgan fingerprint density at radius 1 is 1.40 bits per heavy atom. The number of nitro groups is 1. The number of imidazole rings is 1. The number of nitro benzene ring substituents is 1. The van der Waals surface area contributed by atoms with Crippen molar-refractivity contribution < 1.29 is 18.1 Å². The van der Waals surface area contributed by atoms with Crippen molar-refractivity contribution in [1.82, 2.24) is 9.97 Å². The minimum Gasteiger partial charge on any atom is -0.374 e. The van der Waals surface area contributed by atoms with Crippen molar-refractivity contribution in [3.8, 4) is 0 Å². The van der Waals surface area contributed by atoms with Gasteiger partial charge in [0.2, 0.25) is 0 Å². The highest BCUT2D eigenvalue weighted by atomic mass is 19.4. The van der Waals surface area contributed by atoms with Crippen LogP contribution >= 0.6 is 0 Å². The number of nitrogens with one attached hydrogen (secondary N) is 2. The van der Waals surface area contributed by atoms with Crippen LogP contribution in [0.5, 0.6) is 0 Å². The van der Waals surface area contributed by atoms with Crippen LogP contribution in [0, 0.1) is 10.1 Å². The molecule has 0 atom stereocenters. The first kappa shape index (κ1) is 13.8. The molecule has 9 heteroatoms.